The van der Waals surface area contributed by atoms with E-state index in [0.29, 0.717) is 36.6 Å². The maximum Gasteiger partial charge on any atom is 0.289 e. The molecule has 2 aromatic rings. The number of fused-ring (bicyclic) bond motifs is 1. The normalized spacial score (nSPS) is 17.6. The standard InChI is InChI=1S/C20H22N2O3/c1-14-4-2-5-15(12-14)21-8-10-22(11-9-21)20(24)19-13-16-17(23)6-3-7-18(16)25-19/h2,4-5,12-13H,3,6-11H2,1H3. The molecule has 1 aliphatic heterocycles. The van der Waals surface area contributed by atoms with Crippen LogP contribution in [0.1, 0.15) is 45.1 Å². The van der Waals surface area contributed by atoms with E-state index in [0.717, 1.165) is 25.9 Å². The lowest BCUT2D eigenvalue weighted by Crippen LogP contribution is -2.48. The van der Waals surface area contributed by atoms with Gasteiger partial charge in [0, 0.05) is 50.8 Å². The van der Waals surface area contributed by atoms with Gasteiger partial charge in [0.15, 0.2) is 11.5 Å². The van der Waals surface area contributed by atoms with E-state index in [9.17, 15) is 9.59 Å². The van der Waals surface area contributed by atoms with E-state index in [2.05, 4.69) is 36.1 Å². The molecule has 1 aromatic carbocycles. The second kappa shape index (κ2) is 6.39. The molecule has 25 heavy (non-hydrogen) atoms. The van der Waals surface area contributed by atoms with Crippen molar-refractivity contribution in [3.8, 4) is 0 Å². The van der Waals surface area contributed by atoms with Crippen molar-refractivity contribution in [1.29, 1.82) is 0 Å². The lowest BCUT2D eigenvalue weighted by atomic mass is 9.97. The number of furan rings is 1. The molecule has 0 spiro atoms. The van der Waals surface area contributed by atoms with Crippen molar-refractivity contribution in [1.82, 2.24) is 4.90 Å². The minimum absolute atomic E-state index is 0.0910. The van der Waals surface area contributed by atoms with Gasteiger partial charge in [-0.1, -0.05) is 12.1 Å². The summed E-state index contributed by atoms with van der Waals surface area (Å²) in [7, 11) is 0. The first-order chi connectivity index (χ1) is 12.1. The Morgan fingerprint density at radius 3 is 2.60 bits per heavy atom. The third kappa shape index (κ3) is 3.06. The van der Waals surface area contributed by atoms with E-state index in [4.69, 9.17) is 4.42 Å². The minimum atomic E-state index is -0.105. The van der Waals surface area contributed by atoms with Gasteiger partial charge < -0.3 is 14.2 Å². The largest absolute Gasteiger partial charge is 0.455 e. The molecule has 0 N–H and O–H groups in total. The van der Waals surface area contributed by atoms with Crippen LogP contribution in [-0.4, -0.2) is 42.8 Å². The number of benzene rings is 1. The van der Waals surface area contributed by atoms with Crippen molar-refractivity contribution in [2.75, 3.05) is 31.1 Å². The highest BCUT2D eigenvalue weighted by molar-refractivity contribution is 6.01. The Balaban J connectivity index is 1.44. The van der Waals surface area contributed by atoms with Crippen molar-refractivity contribution in [2.24, 2.45) is 0 Å². The Morgan fingerprint density at radius 2 is 1.88 bits per heavy atom. The summed E-state index contributed by atoms with van der Waals surface area (Å²) in [6, 6.07) is 10.1. The summed E-state index contributed by atoms with van der Waals surface area (Å²) >= 11 is 0. The Labute approximate surface area is 147 Å². The van der Waals surface area contributed by atoms with E-state index in [1.165, 1.54) is 11.3 Å². The predicted molar refractivity (Wildman–Crippen MR) is 95.3 cm³/mol. The van der Waals surface area contributed by atoms with Gasteiger partial charge in [-0.25, -0.2) is 0 Å². The first-order valence-corrected chi connectivity index (χ1v) is 8.88. The van der Waals surface area contributed by atoms with Gasteiger partial charge in [-0.05, 0) is 31.0 Å². The molecule has 130 valence electrons. The van der Waals surface area contributed by atoms with Crippen LogP contribution >= 0.6 is 0 Å². The van der Waals surface area contributed by atoms with E-state index in [1.54, 1.807) is 6.07 Å². The molecule has 2 heterocycles. The molecule has 0 radical (unpaired) electrons. The van der Waals surface area contributed by atoms with Crippen LogP contribution in [-0.2, 0) is 6.42 Å². The van der Waals surface area contributed by atoms with Crippen LogP contribution in [0.2, 0.25) is 0 Å². The van der Waals surface area contributed by atoms with Crippen molar-refractivity contribution >= 4 is 17.4 Å². The van der Waals surface area contributed by atoms with Gasteiger partial charge in [0.2, 0.25) is 0 Å². The third-order valence-corrected chi connectivity index (χ3v) is 5.06. The number of piperazine rings is 1. The monoisotopic (exact) mass is 338 g/mol. The van der Waals surface area contributed by atoms with Crippen molar-refractivity contribution in [3.63, 3.8) is 0 Å². The van der Waals surface area contributed by atoms with Crippen molar-refractivity contribution in [3.05, 3.63) is 53.0 Å². The maximum atomic E-state index is 12.7. The Bertz CT molecular complexity index is 816. The summed E-state index contributed by atoms with van der Waals surface area (Å²) in [4.78, 5) is 28.8. The number of amides is 1. The van der Waals surface area contributed by atoms with Crippen LogP contribution in [0.5, 0.6) is 0 Å². The molecule has 0 bridgehead atoms. The SMILES string of the molecule is Cc1cccc(N2CCN(C(=O)c3cc4c(o3)CCCC4=O)CC2)c1. The van der Waals surface area contributed by atoms with Gasteiger partial charge in [0.25, 0.3) is 5.91 Å². The van der Waals surface area contributed by atoms with Gasteiger partial charge in [-0.15, -0.1) is 0 Å². The Kier molecular flexibility index (Phi) is 4.07. The molecule has 1 aliphatic carbocycles. The number of Topliss-reactive ketones (excluding diaryl/α,β-unsaturated/α-hetero) is 1. The number of hydrogen-bond donors (Lipinski definition) is 0. The first-order valence-electron chi connectivity index (χ1n) is 8.88. The van der Waals surface area contributed by atoms with Crippen LogP contribution in [0.15, 0.2) is 34.7 Å². The molecule has 1 amide bonds. The van der Waals surface area contributed by atoms with Gasteiger partial charge in [0.1, 0.15) is 5.76 Å². The highest BCUT2D eigenvalue weighted by Crippen LogP contribution is 2.26. The van der Waals surface area contributed by atoms with Crippen molar-refractivity contribution < 1.29 is 14.0 Å². The number of carbonyl (C=O) groups excluding carboxylic acids is 2. The molecule has 4 rings (SSSR count). The van der Waals surface area contributed by atoms with Crippen LogP contribution in [0.3, 0.4) is 0 Å². The number of rotatable bonds is 2. The number of ketones is 1. The molecule has 5 heteroatoms. The van der Waals surface area contributed by atoms with E-state index >= 15 is 0 Å². The minimum Gasteiger partial charge on any atom is -0.455 e. The quantitative estimate of drug-likeness (QED) is 0.844. The van der Waals surface area contributed by atoms with Gasteiger partial charge >= 0.3 is 0 Å². The fourth-order valence-electron chi connectivity index (χ4n) is 3.65. The maximum absolute atomic E-state index is 12.7. The highest BCUT2D eigenvalue weighted by Gasteiger charge is 2.28. The van der Waals surface area contributed by atoms with Crippen LogP contribution in [0.25, 0.3) is 0 Å². The van der Waals surface area contributed by atoms with E-state index < -0.39 is 0 Å². The number of nitrogens with zero attached hydrogens (tertiary/aromatic N) is 2. The fourth-order valence-corrected chi connectivity index (χ4v) is 3.65. The van der Waals surface area contributed by atoms with Gasteiger partial charge in [-0.2, -0.15) is 0 Å². The lowest BCUT2D eigenvalue weighted by molar-refractivity contribution is 0.0712. The molecule has 5 nitrogen and oxygen atoms in total. The number of hydrogen-bond acceptors (Lipinski definition) is 4. The summed E-state index contributed by atoms with van der Waals surface area (Å²) in [6.45, 7) is 5.00. The Hall–Kier alpha value is -2.56. The zero-order valence-corrected chi connectivity index (χ0v) is 14.5. The molecule has 1 saturated heterocycles. The average Bonchev–Trinajstić information content (AvgIpc) is 3.07. The summed E-state index contributed by atoms with van der Waals surface area (Å²) in [5, 5.41) is 0. The van der Waals surface area contributed by atoms with E-state index in [-0.39, 0.29) is 11.7 Å². The number of carbonyl (C=O) groups is 2. The average molecular weight is 338 g/mol. The van der Waals surface area contributed by atoms with Gasteiger partial charge in [0.05, 0.1) is 5.56 Å². The molecular formula is C20H22N2O3. The van der Waals surface area contributed by atoms with E-state index in [1.807, 2.05) is 4.90 Å². The second-order valence-corrected chi connectivity index (χ2v) is 6.84. The van der Waals surface area contributed by atoms with Crippen LogP contribution in [0, 0.1) is 6.92 Å². The zero-order valence-electron chi connectivity index (χ0n) is 14.5. The lowest BCUT2D eigenvalue weighted by Gasteiger charge is -2.35. The summed E-state index contributed by atoms with van der Waals surface area (Å²) < 4.78 is 5.69. The zero-order chi connectivity index (χ0) is 17.4. The molecule has 0 unspecified atom stereocenters. The molecule has 2 aliphatic rings. The second-order valence-electron chi connectivity index (χ2n) is 6.84. The third-order valence-electron chi connectivity index (χ3n) is 5.06. The molecular weight excluding hydrogens is 316 g/mol. The number of anilines is 1. The highest BCUT2D eigenvalue weighted by atomic mass is 16.4. The van der Waals surface area contributed by atoms with Gasteiger partial charge in [-0.3, -0.25) is 9.59 Å². The van der Waals surface area contributed by atoms with Crippen LogP contribution in [0.4, 0.5) is 5.69 Å². The van der Waals surface area contributed by atoms with Crippen molar-refractivity contribution in [2.45, 2.75) is 26.2 Å². The summed E-state index contributed by atoms with van der Waals surface area (Å²) in [6.07, 6.45) is 2.10. The molecule has 0 saturated carbocycles. The summed E-state index contributed by atoms with van der Waals surface area (Å²) in [5.74, 6) is 0.974. The molecule has 1 aromatic heterocycles. The predicted octanol–water partition coefficient (Wildman–Crippen LogP) is 3.07. The fraction of sp³-hybridized carbons (Fsp3) is 0.400. The number of aryl methyl sites for hydroxylation is 2. The topological polar surface area (TPSA) is 53.8 Å². The summed E-state index contributed by atoms with van der Waals surface area (Å²) in [5.41, 5.74) is 3.04. The molecule has 1 fully saturated rings. The Morgan fingerprint density at radius 1 is 1.08 bits per heavy atom. The molecule has 0 atom stereocenters. The van der Waals surface area contributed by atoms with Crippen LogP contribution < -0.4 is 4.90 Å². The smallest absolute Gasteiger partial charge is 0.289 e. The first kappa shape index (κ1) is 15.9.